The van der Waals surface area contributed by atoms with Crippen molar-refractivity contribution in [3.63, 3.8) is 0 Å². The number of rotatable bonds is 6. The molecule has 5 heteroatoms. The number of benzene rings is 1. The summed E-state index contributed by atoms with van der Waals surface area (Å²) in [7, 11) is 0. The molecule has 3 nitrogen and oxygen atoms in total. The molecule has 1 aromatic carbocycles. The van der Waals surface area contributed by atoms with Crippen molar-refractivity contribution < 1.29 is 9.53 Å². The molecule has 1 unspecified atom stereocenters. The number of ether oxygens (including phenoxy) is 1. The number of amides is 1. The zero-order valence-corrected chi connectivity index (χ0v) is 12.9. The minimum Gasteiger partial charge on any atom is -0.380 e. The third-order valence-corrected chi connectivity index (χ3v) is 5.05. The Hall–Kier alpha value is -0.650. The van der Waals surface area contributed by atoms with Crippen molar-refractivity contribution in [1.29, 1.82) is 0 Å². The predicted octanol–water partition coefficient (Wildman–Crippen LogP) is 3.02. The molecule has 0 aromatic heterocycles. The quantitative estimate of drug-likeness (QED) is 0.596. The summed E-state index contributed by atoms with van der Waals surface area (Å²) in [5.41, 5.74) is 1.20. The Morgan fingerprint density at radius 1 is 1.42 bits per heavy atom. The van der Waals surface area contributed by atoms with Crippen LogP contribution in [0.25, 0.3) is 0 Å². The topological polar surface area (TPSA) is 29.5 Å². The zero-order chi connectivity index (χ0) is 13.7. The number of hydrogen-bond donors (Lipinski definition) is 0. The Morgan fingerprint density at radius 3 is 2.79 bits per heavy atom. The Bertz CT molecular complexity index is 422. The number of hydrogen-bond acceptors (Lipinski definition) is 4. The first kappa shape index (κ1) is 14.8. The van der Waals surface area contributed by atoms with Gasteiger partial charge < -0.3 is 9.64 Å². The van der Waals surface area contributed by atoms with Crippen LogP contribution in [0.4, 0.5) is 0 Å². The maximum atomic E-state index is 11.9. The van der Waals surface area contributed by atoms with Crippen molar-refractivity contribution in [3.05, 3.63) is 29.8 Å². The molecule has 0 saturated carbocycles. The fourth-order valence-corrected chi connectivity index (χ4v) is 3.67. The molecule has 1 aliphatic rings. The molecule has 0 spiro atoms. The van der Waals surface area contributed by atoms with E-state index in [1.54, 1.807) is 23.5 Å². The second-order valence-electron chi connectivity index (χ2n) is 4.22. The maximum Gasteiger partial charge on any atom is 0.233 e. The molecule has 1 saturated heterocycles. The molecule has 0 bridgehead atoms. The molecule has 2 rings (SSSR count). The lowest BCUT2D eigenvalue weighted by atomic mass is 10.2. The predicted molar refractivity (Wildman–Crippen MR) is 81.6 cm³/mol. The lowest BCUT2D eigenvalue weighted by Crippen LogP contribution is -2.31. The Kier molecular flexibility index (Phi) is 5.60. The van der Waals surface area contributed by atoms with Crippen LogP contribution in [0.15, 0.2) is 29.2 Å². The van der Waals surface area contributed by atoms with Gasteiger partial charge in [0, 0.05) is 18.0 Å². The summed E-state index contributed by atoms with van der Waals surface area (Å²) in [6, 6.07) is 8.47. The van der Waals surface area contributed by atoms with Crippen LogP contribution in [-0.2, 0) is 9.53 Å². The van der Waals surface area contributed by atoms with Crippen molar-refractivity contribution in [3.8, 4) is 0 Å². The van der Waals surface area contributed by atoms with Crippen LogP contribution < -0.4 is 0 Å². The van der Waals surface area contributed by atoms with Crippen LogP contribution in [-0.4, -0.2) is 42.6 Å². The Balaban J connectivity index is 2.05. The third-order valence-electron chi connectivity index (χ3n) is 3.05. The van der Waals surface area contributed by atoms with Crippen LogP contribution in [0.2, 0.25) is 0 Å². The minimum atomic E-state index is 0.142. The number of nitrogens with zero attached hydrogens (tertiary/aromatic N) is 1. The van der Waals surface area contributed by atoms with E-state index < -0.39 is 0 Å². The van der Waals surface area contributed by atoms with Gasteiger partial charge in [-0.2, -0.15) is 0 Å². The molecular weight excluding hydrogens is 278 g/mol. The van der Waals surface area contributed by atoms with Crippen molar-refractivity contribution in [2.75, 3.05) is 31.8 Å². The van der Waals surface area contributed by atoms with Crippen molar-refractivity contribution in [1.82, 2.24) is 4.90 Å². The lowest BCUT2D eigenvalue weighted by Gasteiger charge is -2.24. The Labute approximate surface area is 123 Å². The molecule has 104 valence electrons. The average Bonchev–Trinajstić information content (AvgIpc) is 2.81. The summed E-state index contributed by atoms with van der Waals surface area (Å²) in [5, 5.41) is 0.142. The highest BCUT2D eigenvalue weighted by Gasteiger charge is 2.32. The van der Waals surface area contributed by atoms with Gasteiger partial charge in [0.15, 0.2) is 0 Å². The largest absolute Gasteiger partial charge is 0.380 e. The summed E-state index contributed by atoms with van der Waals surface area (Å²) >= 11 is 3.43. The minimum absolute atomic E-state index is 0.142. The average molecular weight is 297 g/mol. The van der Waals surface area contributed by atoms with Gasteiger partial charge in [-0.05, 0) is 30.9 Å². The standard InChI is InChI=1S/C14H19NO2S2/c1-3-17-9-8-15-13(16)10-19-14(15)11-4-6-12(18-2)7-5-11/h4-7,14H,3,8-10H2,1-2H3. The van der Waals surface area contributed by atoms with Gasteiger partial charge in [0.25, 0.3) is 0 Å². The molecule has 1 amide bonds. The van der Waals surface area contributed by atoms with Crippen LogP contribution in [0.3, 0.4) is 0 Å². The van der Waals surface area contributed by atoms with E-state index in [0.29, 0.717) is 25.5 Å². The molecule has 1 fully saturated rings. The summed E-state index contributed by atoms with van der Waals surface area (Å²) < 4.78 is 5.36. The number of carbonyl (C=O) groups excluding carboxylic acids is 1. The highest BCUT2D eigenvalue weighted by atomic mass is 32.2. The molecule has 0 aliphatic carbocycles. The number of thioether (sulfide) groups is 2. The maximum absolute atomic E-state index is 11.9. The zero-order valence-electron chi connectivity index (χ0n) is 11.3. The monoisotopic (exact) mass is 297 g/mol. The van der Waals surface area contributed by atoms with Gasteiger partial charge in [-0.25, -0.2) is 0 Å². The van der Waals surface area contributed by atoms with E-state index in [1.165, 1.54) is 10.5 Å². The van der Waals surface area contributed by atoms with E-state index >= 15 is 0 Å². The highest BCUT2D eigenvalue weighted by Crippen LogP contribution is 2.38. The normalized spacial score (nSPS) is 19.2. The van der Waals surface area contributed by atoms with E-state index in [0.717, 1.165) is 0 Å². The van der Waals surface area contributed by atoms with Gasteiger partial charge in [-0.1, -0.05) is 12.1 Å². The fourth-order valence-electron chi connectivity index (χ4n) is 2.05. The van der Waals surface area contributed by atoms with Gasteiger partial charge in [-0.3, -0.25) is 4.79 Å². The van der Waals surface area contributed by atoms with Crippen molar-refractivity contribution in [2.45, 2.75) is 17.2 Å². The van der Waals surface area contributed by atoms with E-state index in [-0.39, 0.29) is 11.3 Å². The van der Waals surface area contributed by atoms with E-state index in [4.69, 9.17) is 4.74 Å². The molecule has 1 heterocycles. The molecular formula is C14H19NO2S2. The smallest absolute Gasteiger partial charge is 0.233 e. The molecule has 1 atom stereocenters. The summed E-state index contributed by atoms with van der Waals surface area (Å²) in [5.74, 6) is 0.782. The molecule has 19 heavy (non-hydrogen) atoms. The SMILES string of the molecule is CCOCCN1C(=O)CSC1c1ccc(SC)cc1. The summed E-state index contributed by atoms with van der Waals surface area (Å²) in [6.07, 6.45) is 2.07. The third kappa shape index (κ3) is 3.68. The van der Waals surface area contributed by atoms with Gasteiger partial charge >= 0.3 is 0 Å². The van der Waals surface area contributed by atoms with E-state index in [9.17, 15) is 4.79 Å². The first-order valence-electron chi connectivity index (χ1n) is 6.39. The second kappa shape index (κ2) is 7.22. The summed E-state index contributed by atoms with van der Waals surface area (Å²) in [6.45, 7) is 3.96. The molecule has 1 aliphatic heterocycles. The van der Waals surface area contributed by atoms with Crippen molar-refractivity contribution >= 4 is 29.4 Å². The van der Waals surface area contributed by atoms with Gasteiger partial charge in [0.1, 0.15) is 5.37 Å². The van der Waals surface area contributed by atoms with Crippen LogP contribution in [0.1, 0.15) is 17.9 Å². The highest BCUT2D eigenvalue weighted by molar-refractivity contribution is 8.00. The van der Waals surface area contributed by atoms with E-state index in [1.807, 2.05) is 11.8 Å². The van der Waals surface area contributed by atoms with Crippen LogP contribution in [0.5, 0.6) is 0 Å². The van der Waals surface area contributed by atoms with Crippen LogP contribution in [0, 0.1) is 0 Å². The Morgan fingerprint density at radius 2 is 2.16 bits per heavy atom. The molecule has 0 radical (unpaired) electrons. The lowest BCUT2D eigenvalue weighted by molar-refractivity contribution is -0.128. The fraction of sp³-hybridized carbons (Fsp3) is 0.500. The second-order valence-corrected chi connectivity index (χ2v) is 6.17. The van der Waals surface area contributed by atoms with Gasteiger partial charge in [0.05, 0.1) is 12.4 Å². The van der Waals surface area contributed by atoms with E-state index in [2.05, 4.69) is 30.5 Å². The summed E-state index contributed by atoms with van der Waals surface area (Å²) in [4.78, 5) is 15.1. The number of carbonyl (C=O) groups is 1. The van der Waals surface area contributed by atoms with Crippen molar-refractivity contribution in [2.24, 2.45) is 0 Å². The molecule has 0 N–H and O–H groups in total. The molecule has 1 aromatic rings. The first-order chi connectivity index (χ1) is 9.26. The van der Waals surface area contributed by atoms with Crippen LogP contribution >= 0.6 is 23.5 Å². The first-order valence-corrected chi connectivity index (χ1v) is 8.66. The van der Waals surface area contributed by atoms with Gasteiger partial charge in [0.2, 0.25) is 5.91 Å². The van der Waals surface area contributed by atoms with Gasteiger partial charge in [-0.15, -0.1) is 23.5 Å².